The minimum absolute atomic E-state index is 0.0249. The lowest BCUT2D eigenvalue weighted by atomic mass is 10.0. The maximum atomic E-state index is 13.3. The van der Waals surface area contributed by atoms with Gasteiger partial charge >= 0.3 is 0 Å². The van der Waals surface area contributed by atoms with Crippen LogP contribution in [0.2, 0.25) is 5.02 Å². The molecule has 0 radical (unpaired) electrons. The molecule has 0 aliphatic carbocycles. The van der Waals surface area contributed by atoms with Crippen molar-refractivity contribution in [1.82, 2.24) is 4.90 Å². The Bertz CT molecular complexity index is 669. The Hall–Kier alpha value is -1.13. The molecule has 0 N–H and O–H groups in total. The van der Waals surface area contributed by atoms with Crippen LogP contribution in [0.4, 0.5) is 4.39 Å². The Balaban J connectivity index is 1.97. The lowest BCUT2D eigenvalue weighted by molar-refractivity contribution is 0.0688. The molecular formula is C15H15ClFNOS. The maximum Gasteiger partial charge on any atom is 0.265 e. The molecule has 106 valence electrons. The van der Waals surface area contributed by atoms with Crippen LogP contribution in [0.1, 0.15) is 29.4 Å². The molecule has 20 heavy (non-hydrogen) atoms. The fourth-order valence-electron chi connectivity index (χ4n) is 2.69. The summed E-state index contributed by atoms with van der Waals surface area (Å²) in [4.78, 5) is 15.0. The molecule has 1 amide bonds. The average molecular weight is 312 g/mol. The van der Waals surface area contributed by atoms with Crippen molar-refractivity contribution < 1.29 is 9.18 Å². The number of nitrogens with zero attached hydrogens (tertiary/aromatic N) is 1. The smallest absolute Gasteiger partial charge is 0.265 e. The number of halogens is 2. The van der Waals surface area contributed by atoms with E-state index in [9.17, 15) is 9.18 Å². The van der Waals surface area contributed by atoms with E-state index in [1.54, 1.807) is 6.07 Å². The Morgan fingerprint density at radius 1 is 1.50 bits per heavy atom. The van der Waals surface area contributed by atoms with Crippen LogP contribution in [0.25, 0.3) is 10.1 Å². The number of carbonyl (C=O) groups is 1. The number of carbonyl (C=O) groups excluding carboxylic acids is 1. The fraction of sp³-hybridized carbons (Fsp3) is 0.400. The van der Waals surface area contributed by atoms with Gasteiger partial charge in [0.05, 0.1) is 5.02 Å². The van der Waals surface area contributed by atoms with E-state index in [-0.39, 0.29) is 11.7 Å². The summed E-state index contributed by atoms with van der Waals surface area (Å²) in [5.74, 6) is 0.197. The third-order valence-electron chi connectivity index (χ3n) is 3.73. The molecule has 1 aliphatic rings. The van der Waals surface area contributed by atoms with Crippen LogP contribution < -0.4 is 0 Å². The highest BCUT2D eigenvalue weighted by atomic mass is 35.5. The molecular weight excluding hydrogens is 297 g/mol. The predicted molar refractivity (Wildman–Crippen MR) is 81.1 cm³/mol. The van der Waals surface area contributed by atoms with Crippen molar-refractivity contribution in [2.24, 2.45) is 5.92 Å². The van der Waals surface area contributed by atoms with Gasteiger partial charge < -0.3 is 4.90 Å². The SMILES string of the molecule is C[C@@H]1CCCN(C(=O)c2sc3cc(F)ccc3c2Cl)C1. The normalized spacial score (nSPS) is 19.6. The van der Waals surface area contributed by atoms with Gasteiger partial charge in [0.1, 0.15) is 10.7 Å². The molecule has 3 rings (SSSR count). The van der Waals surface area contributed by atoms with Crippen molar-refractivity contribution in [3.05, 3.63) is 33.9 Å². The molecule has 1 atom stereocenters. The van der Waals surface area contributed by atoms with Crippen LogP contribution in [0.3, 0.4) is 0 Å². The maximum absolute atomic E-state index is 13.3. The first-order chi connectivity index (χ1) is 9.56. The van der Waals surface area contributed by atoms with Crippen molar-refractivity contribution in [2.45, 2.75) is 19.8 Å². The summed E-state index contributed by atoms with van der Waals surface area (Å²) >= 11 is 7.58. The van der Waals surface area contributed by atoms with Gasteiger partial charge in [-0.2, -0.15) is 0 Å². The number of hydrogen-bond donors (Lipinski definition) is 0. The number of likely N-dealkylation sites (tertiary alicyclic amines) is 1. The Kier molecular flexibility index (Phi) is 3.69. The van der Waals surface area contributed by atoms with Crippen LogP contribution >= 0.6 is 22.9 Å². The van der Waals surface area contributed by atoms with Gasteiger partial charge in [-0.25, -0.2) is 4.39 Å². The number of piperidine rings is 1. The molecule has 1 fully saturated rings. The number of amides is 1. The second kappa shape index (κ2) is 5.34. The van der Waals surface area contributed by atoms with E-state index in [1.807, 2.05) is 4.90 Å². The summed E-state index contributed by atoms with van der Waals surface area (Å²) in [6.07, 6.45) is 2.19. The van der Waals surface area contributed by atoms with Crippen molar-refractivity contribution in [3.8, 4) is 0 Å². The Labute approximate surface area is 126 Å². The van der Waals surface area contributed by atoms with Gasteiger partial charge in [-0.3, -0.25) is 4.79 Å². The Morgan fingerprint density at radius 2 is 2.30 bits per heavy atom. The van der Waals surface area contributed by atoms with Crippen LogP contribution in [-0.4, -0.2) is 23.9 Å². The van der Waals surface area contributed by atoms with Gasteiger partial charge in [-0.05, 0) is 37.0 Å². The van der Waals surface area contributed by atoms with E-state index in [4.69, 9.17) is 11.6 Å². The Morgan fingerprint density at radius 3 is 3.05 bits per heavy atom. The van der Waals surface area contributed by atoms with Crippen LogP contribution in [-0.2, 0) is 0 Å². The number of rotatable bonds is 1. The third-order valence-corrected chi connectivity index (χ3v) is 5.38. The van der Waals surface area contributed by atoms with Crippen LogP contribution in [0, 0.1) is 11.7 Å². The lowest BCUT2D eigenvalue weighted by Crippen LogP contribution is -2.38. The molecule has 2 heterocycles. The standard InChI is InChI=1S/C15H15ClFNOS/c1-9-3-2-6-18(8-9)15(19)14-13(16)11-5-4-10(17)7-12(11)20-14/h4-5,7,9H,2-3,6,8H2,1H3/t9-/m1/s1. The fourth-order valence-corrected chi connectivity index (χ4v) is 4.20. The van der Waals surface area contributed by atoms with Crippen molar-refractivity contribution in [2.75, 3.05) is 13.1 Å². The van der Waals surface area contributed by atoms with E-state index >= 15 is 0 Å². The summed E-state index contributed by atoms with van der Waals surface area (Å²) in [6.45, 7) is 3.71. The van der Waals surface area contributed by atoms with E-state index in [0.717, 1.165) is 36.0 Å². The average Bonchev–Trinajstić information content (AvgIpc) is 2.74. The van der Waals surface area contributed by atoms with Gasteiger partial charge in [0, 0.05) is 23.2 Å². The van der Waals surface area contributed by atoms with Gasteiger partial charge in [0.15, 0.2) is 0 Å². The van der Waals surface area contributed by atoms with Gasteiger partial charge in [-0.15, -0.1) is 11.3 Å². The molecule has 0 unspecified atom stereocenters. The first-order valence-corrected chi connectivity index (χ1v) is 7.92. The third kappa shape index (κ3) is 2.42. The summed E-state index contributed by atoms with van der Waals surface area (Å²) in [5, 5.41) is 1.21. The number of thiophene rings is 1. The minimum Gasteiger partial charge on any atom is -0.338 e. The highest BCUT2D eigenvalue weighted by Crippen LogP contribution is 2.36. The molecule has 5 heteroatoms. The van der Waals surface area contributed by atoms with Crippen molar-refractivity contribution in [1.29, 1.82) is 0 Å². The van der Waals surface area contributed by atoms with Crippen molar-refractivity contribution in [3.63, 3.8) is 0 Å². The molecule has 0 bridgehead atoms. The first-order valence-electron chi connectivity index (χ1n) is 6.73. The molecule has 2 nitrogen and oxygen atoms in total. The summed E-state index contributed by atoms with van der Waals surface area (Å²) < 4.78 is 14.0. The number of benzene rings is 1. The zero-order valence-electron chi connectivity index (χ0n) is 11.2. The zero-order valence-corrected chi connectivity index (χ0v) is 12.7. The van der Waals surface area contributed by atoms with Gasteiger partial charge in [-0.1, -0.05) is 18.5 Å². The second-order valence-corrected chi connectivity index (χ2v) is 6.81. The van der Waals surface area contributed by atoms with Crippen molar-refractivity contribution >= 4 is 38.9 Å². The molecule has 0 saturated carbocycles. The van der Waals surface area contributed by atoms with E-state index in [0.29, 0.717) is 15.8 Å². The molecule has 2 aromatic rings. The molecule has 1 saturated heterocycles. The summed E-state index contributed by atoms with van der Waals surface area (Å²) in [6, 6.07) is 4.44. The largest absolute Gasteiger partial charge is 0.338 e. The van der Waals surface area contributed by atoms with Crippen LogP contribution in [0.5, 0.6) is 0 Å². The second-order valence-electron chi connectivity index (χ2n) is 5.38. The van der Waals surface area contributed by atoms with Gasteiger partial charge in [0.2, 0.25) is 0 Å². The topological polar surface area (TPSA) is 20.3 Å². The van der Waals surface area contributed by atoms with E-state index < -0.39 is 0 Å². The summed E-state index contributed by atoms with van der Waals surface area (Å²) in [5.41, 5.74) is 0. The van der Waals surface area contributed by atoms with Gasteiger partial charge in [0.25, 0.3) is 5.91 Å². The number of hydrogen-bond acceptors (Lipinski definition) is 2. The van der Waals surface area contributed by atoms with Crippen LogP contribution in [0.15, 0.2) is 18.2 Å². The number of fused-ring (bicyclic) bond motifs is 1. The quantitative estimate of drug-likeness (QED) is 0.755. The highest BCUT2D eigenvalue weighted by molar-refractivity contribution is 7.21. The highest BCUT2D eigenvalue weighted by Gasteiger charge is 2.26. The van der Waals surface area contributed by atoms with E-state index in [1.165, 1.54) is 23.5 Å². The molecule has 0 spiro atoms. The summed E-state index contributed by atoms with van der Waals surface area (Å²) in [7, 11) is 0. The lowest BCUT2D eigenvalue weighted by Gasteiger charge is -2.30. The molecule has 1 aromatic heterocycles. The monoisotopic (exact) mass is 311 g/mol. The zero-order chi connectivity index (χ0) is 14.3. The first kappa shape index (κ1) is 13.8. The molecule has 1 aliphatic heterocycles. The van der Waals surface area contributed by atoms with E-state index in [2.05, 4.69) is 6.92 Å². The predicted octanol–water partition coefficient (Wildman–Crippen LogP) is 4.57. The molecule has 1 aromatic carbocycles. The minimum atomic E-state index is -0.305.